The van der Waals surface area contributed by atoms with E-state index >= 15 is 0 Å². The predicted octanol–water partition coefficient (Wildman–Crippen LogP) is 0.742. The van der Waals surface area contributed by atoms with Gasteiger partial charge in [-0.3, -0.25) is 4.79 Å². The lowest BCUT2D eigenvalue weighted by molar-refractivity contribution is 0.1000. The van der Waals surface area contributed by atoms with Crippen molar-refractivity contribution in [2.45, 2.75) is 6.92 Å². The second kappa shape index (κ2) is 2.58. The molecular weight excluding hydrogens is 166 g/mol. The van der Waals surface area contributed by atoms with E-state index < -0.39 is 5.91 Å². The van der Waals surface area contributed by atoms with Gasteiger partial charge in [0.05, 0.1) is 16.8 Å². The number of carbonyl (C=O) groups is 1. The first-order valence-corrected chi connectivity index (χ1v) is 3.92. The molecule has 0 aromatic carbocycles. The summed E-state index contributed by atoms with van der Waals surface area (Å²) < 4.78 is 1.65. The van der Waals surface area contributed by atoms with E-state index in [1.165, 1.54) is 0 Å². The fourth-order valence-electron chi connectivity index (χ4n) is 1.26. The molecule has 0 saturated carbocycles. The Labute approximate surface area is 75.0 Å². The number of aromatic nitrogens is 2. The molecule has 4 heteroatoms. The van der Waals surface area contributed by atoms with Gasteiger partial charge in [-0.25, -0.2) is 4.52 Å². The maximum atomic E-state index is 10.8. The average Bonchev–Trinajstić information content (AvgIpc) is 2.42. The van der Waals surface area contributed by atoms with Crippen LogP contribution in [0.3, 0.4) is 0 Å². The van der Waals surface area contributed by atoms with Crippen molar-refractivity contribution in [3.63, 3.8) is 0 Å². The summed E-state index contributed by atoms with van der Waals surface area (Å²) in [5, 5.41) is 4.17. The van der Waals surface area contributed by atoms with E-state index in [1.54, 1.807) is 16.8 Å². The Kier molecular flexibility index (Phi) is 1.55. The summed E-state index contributed by atoms with van der Waals surface area (Å²) in [4.78, 5) is 10.8. The molecule has 0 bridgehead atoms. The third-order valence-corrected chi connectivity index (χ3v) is 1.87. The van der Waals surface area contributed by atoms with Crippen LogP contribution in [0.2, 0.25) is 0 Å². The minimum Gasteiger partial charge on any atom is -0.366 e. The summed E-state index contributed by atoms with van der Waals surface area (Å²) in [6.45, 7) is 1.90. The molecule has 2 heterocycles. The Hall–Kier alpha value is -1.84. The van der Waals surface area contributed by atoms with E-state index in [2.05, 4.69) is 5.10 Å². The second-order valence-electron chi connectivity index (χ2n) is 2.94. The Balaban J connectivity index is 2.67. The monoisotopic (exact) mass is 175 g/mol. The fourth-order valence-corrected chi connectivity index (χ4v) is 1.26. The van der Waals surface area contributed by atoms with Gasteiger partial charge in [0.15, 0.2) is 0 Å². The van der Waals surface area contributed by atoms with Crippen molar-refractivity contribution in [1.29, 1.82) is 0 Å². The summed E-state index contributed by atoms with van der Waals surface area (Å²) in [7, 11) is 0. The molecule has 1 amide bonds. The van der Waals surface area contributed by atoms with Crippen LogP contribution < -0.4 is 5.73 Å². The number of pyridine rings is 1. The van der Waals surface area contributed by atoms with Crippen LogP contribution >= 0.6 is 0 Å². The van der Waals surface area contributed by atoms with Gasteiger partial charge in [0.1, 0.15) is 0 Å². The van der Waals surface area contributed by atoms with Crippen LogP contribution in [-0.2, 0) is 0 Å². The fraction of sp³-hybridized carbons (Fsp3) is 0.111. The molecule has 2 rings (SSSR count). The van der Waals surface area contributed by atoms with Crippen LogP contribution in [0.15, 0.2) is 24.4 Å². The van der Waals surface area contributed by atoms with E-state index in [4.69, 9.17) is 5.73 Å². The minimum absolute atomic E-state index is 0.435. The van der Waals surface area contributed by atoms with Crippen molar-refractivity contribution in [3.8, 4) is 0 Å². The van der Waals surface area contributed by atoms with Gasteiger partial charge >= 0.3 is 0 Å². The topological polar surface area (TPSA) is 60.4 Å². The quantitative estimate of drug-likeness (QED) is 0.694. The molecule has 0 aliphatic carbocycles. The van der Waals surface area contributed by atoms with Crippen LogP contribution in [0.25, 0.3) is 5.52 Å². The maximum Gasteiger partial charge on any atom is 0.250 e. The van der Waals surface area contributed by atoms with E-state index in [1.807, 2.05) is 19.1 Å². The third-order valence-electron chi connectivity index (χ3n) is 1.87. The zero-order valence-electron chi connectivity index (χ0n) is 7.19. The predicted molar refractivity (Wildman–Crippen MR) is 48.4 cm³/mol. The van der Waals surface area contributed by atoms with Crippen molar-refractivity contribution < 1.29 is 4.79 Å². The summed E-state index contributed by atoms with van der Waals surface area (Å²) >= 11 is 0. The number of hydrogen-bond acceptors (Lipinski definition) is 2. The molecule has 0 saturated heterocycles. The lowest BCUT2D eigenvalue weighted by Crippen LogP contribution is -2.11. The molecule has 66 valence electrons. The van der Waals surface area contributed by atoms with Gasteiger partial charge in [0.2, 0.25) is 5.91 Å². The highest BCUT2D eigenvalue weighted by Gasteiger charge is 2.02. The van der Waals surface area contributed by atoms with Gasteiger partial charge in [0.25, 0.3) is 0 Å². The number of aryl methyl sites for hydroxylation is 1. The van der Waals surface area contributed by atoms with E-state index in [0.29, 0.717) is 5.56 Å². The first-order chi connectivity index (χ1) is 6.16. The number of nitrogens with two attached hydrogens (primary N) is 1. The van der Waals surface area contributed by atoms with Crippen molar-refractivity contribution >= 4 is 11.4 Å². The molecule has 4 nitrogen and oxygen atoms in total. The van der Waals surface area contributed by atoms with Crippen LogP contribution in [-0.4, -0.2) is 15.5 Å². The van der Waals surface area contributed by atoms with Crippen LogP contribution in [0, 0.1) is 6.92 Å². The van der Waals surface area contributed by atoms with Gasteiger partial charge in [-0.05, 0) is 25.1 Å². The first-order valence-electron chi connectivity index (χ1n) is 3.92. The van der Waals surface area contributed by atoms with Gasteiger partial charge in [-0.15, -0.1) is 0 Å². The number of amides is 1. The molecule has 2 aromatic heterocycles. The maximum absolute atomic E-state index is 10.8. The number of fused-ring (bicyclic) bond motifs is 1. The Morgan fingerprint density at radius 2 is 2.31 bits per heavy atom. The molecule has 0 aliphatic heterocycles. The third kappa shape index (κ3) is 1.26. The molecule has 0 radical (unpaired) electrons. The van der Waals surface area contributed by atoms with E-state index in [0.717, 1.165) is 11.2 Å². The highest BCUT2D eigenvalue weighted by molar-refractivity contribution is 5.92. The number of hydrogen-bond donors (Lipinski definition) is 1. The van der Waals surface area contributed by atoms with Crippen molar-refractivity contribution in [1.82, 2.24) is 9.61 Å². The van der Waals surface area contributed by atoms with Crippen molar-refractivity contribution in [3.05, 3.63) is 35.7 Å². The van der Waals surface area contributed by atoms with Gasteiger partial charge in [0, 0.05) is 6.20 Å². The smallest absolute Gasteiger partial charge is 0.250 e. The molecule has 0 unspecified atom stereocenters. The normalized spacial score (nSPS) is 10.5. The summed E-state index contributed by atoms with van der Waals surface area (Å²) in [6, 6.07) is 5.45. The number of primary amides is 1. The molecule has 0 atom stereocenters. The minimum atomic E-state index is -0.435. The molecule has 13 heavy (non-hydrogen) atoms. The van der Waals surface area contributed by atoms with E-state index in [9.17, 15) is 4.79 Å². The van der Waals surface area contributed by atoms with Gasteiger partial charge in [-0.2, -0.15) is 5.10 Å². The highest BCUT2D eigenvalue weighted by Crippen LogP contribution is 2.07. The second-order valence-corrected chi connectivity index (χ2v) is 2.94. The zero-order chi connectivity index (χ0) is 9.42. The number of carbonyl (C=O) groups excluding carboxylic acids is 1. The molecule has 2 N–H and O–H groups in total. The van der Waals surface area contributed by atoms with E-state index in [-0.39, 0.29) is 0 Å². The zero-order valence-corrected chi connectivity index (χ0v) is 7.19. The van der Waals surface area contributed by atoms with Crippen LogP contribution in [0.4, 0.5) is 0 Å². The van der Waals surface area contributed by atoms with Gasteiger partial charge < -0.3 is 5.73 Å². The van der Waals surface area contributed by atoms with Gasteiger partial charge in [-0.1, -0.05) is 0 Å². The lowest BCUT2D eigenvalue weighted by atomic mass is 10.2. The average molecular weight is 175 g/mol. The Bertz CT molecular complexity index is 473. The summed E-state index contributed by atoms with van der Waals surface area (Å²) in [6.07, 6.45) is 1.63. The molecule has 2 aromatic rings. The van der Waals surface area contributed by atoms with Crippen molar-refractivity contribution in [2.75, 3.05) is 0 Å². The van der Waals surface area contributed by atoms with Crippen molar-refractivity contribution in [2.24, 2.45) is 5.73 Å². The standard InChI is InChI=1S/C9H9N3O/c1-6-4-8-3-2-7(9(10)13)5-12(8)11-6/h2-5H,1H3,(H2,10,13). The largest absolute Gasteiger partial charge is 0.366 e. The first kappa shape index (κ1) is 7.79. The number of nitrogens with zero attached hydrogens (tertiary/aromatic N) is 2. The molecule has 0 spiro atoms. The lowest BCUT2D eigenvalue weighted by Gasteiger charge is -1.95. The molecular formula is C9H9N3O. The van der Waals surface area contributed by atoms with Crippen LogP contribution in [0.5, 0.6) is 0 Å². The van der Waals surface area contributed by atoms with Crippen LogP contribution in [0.1, 0.15) is 16.1 Å². The highest BCUT2D eigenvalue weighted by atomic mass is 16.1. The Morgan fingerprint density at radius 3 is 3.00 bits per heavy atom. The number of rotatable bonds is 1. The SMILES string of the molecule is Cc1cc2ccc(C(N)=O)cn2n1. The molecule has 0 aliphatic rings. The summed E-state index contributed by atoms with van der Waals surface area (Å²) in [5.74, 6) is -0.435. The summed E-state index contributed by atoms with van der Waals surface area (Å²) in [5.41, 5.74) is 7.48. The molecule has 0 fully saturated rings. The Morgan fingerprint density at radius 1 is 1.54 bits per heavy atom.